The molecule has 0 atom stereocenters. The highest BCUT2D eigenvalue weighted by Crippen LogP contribution is 2.25. The van der Waals surface area contributed by atoms with Gasteiger partial charge in [0.15, 0.2) is 9.84 Å². The van der Waals surface area contributed by atoms with Crippen LogP contribution in [0.5, 0.6) is 0 Å². The molecule has 32 heavy (non-hydrogen) atoms. The molecule has 1 fully saturated rings. The summed E-state index contributed by atoms with van der Waals surface area (Å²) in [6.07, 6.45) is 7.70. The Morgan fingerprint density at radius 3 is 2.56 bits per heavy atom. The summed E-state index contributed by atoms with van der Waals surface area (Å²) in [6, 6.07) is 10.3. The molecule has 4 rings (SSSR count). The lowest BCUT2D eigenvalue weighted by Gasteiger charge is -2.32. The van der Waals surface area contributed by atoms with Crippen LogP contribution >= 0.6 is 11.6 Å². The molecule has 2 aromatic carbocycles. The van der Waals surface area contributed by atoms with Gasteiger partial charge in [-0.1, -0.05) is 23.7 Å². The van der Waals surface area contributed by atoms with Crippen molar-refractivity contribution in [2.75, 3.05) is 18.8 Å². The van der Waals surface area contributed by atoms with Gasteiger partial charge in [-0.05, 0) is 60.2 Å². The number of carbonyl (C=O) groups is 1. The maximum Gasteiger partial charge on any atom is 0.223 e. The number of hydrogen-bond acceptors (Lipinski definition) is 4. The predicted octanol–water partition coefficient (Wildman–Crippen LogP) is 4.26. The third-order valence-electron chi connectivity index (χ3n) is 6.38. The molecule has 6 nitrogen and oxygen atoms in total. The SMILES string of the molecule is Cn1ccnc1CCC1CCN(C(=O)CCS(=O)(=O)c2ccc3cc(Cl)ccc3c2)CC1. The second-order valence-corrected chi connectivity index (χ2v) is 11.1. The number of amides is 1. The quantitative estimate of drug-likeness (QED) is 0.514. The summed E-state index contributed by atoms with van der Waals surface area (Å²) < 4.78 is 27.7. The number of benzene rings is 2. The molecular weight excluding hydrogens is 446 g/mol. The number of fused-ring (bicyclic) bond motifs is 1. The van der Waals surface area contributed by atoms with Crippen molar-refractivity contribution in [1.29, 1.82) is 0 Å². The van der Waals surface area contributed by atoms with Gasteiger partial charge >= 0.3 is 0 Å². The topological polar surface area (TPSA) is 72.3 Å². The normalized spacial score (nSPS) is 15.4. The zero-order chi connectivity index (χ0) is 22.7. The minimum atomic E-state index is -3.53. The number of aromatic nitrogens is 2. The predicted molar refractivity (Wildman–Crippen MR) is 126 cm³/mol. The zero-order valence-corrected chi connectivity index (χ0v) is 19.8. The summed E-state index contributed by atoms with van der Waals surface area (Å²) in [6.45, 7) is 1.39. The van der Waals surface area contributed by atoms with Crippen molar-refractivity contribution in [3.05, 3.63) is 59.6 Å². The van der Waals surface area contributed by atoms with Crippen molar-refractivity contribution < 1.29 is 13.2 Å². The van der Waals surface area contributed by atoms with Gasteiger partial charge in [-0.3, -0.25) is 4.79 Å². The molecular formula is C24H28ClN3O3S. The Morgan fingerprint density at radius 1 is 1.12 bits per heavy atom. The van der Waals surface area contributed by atoms with Crippen molar-refractivity contribution in [2.24, 2.45) is 13.0 Å². The smallest absolute Gasteiger partial charge is 0.223 e. The van der Waals surface area contributed by atoms with Crippen molar-refractivity contribution in [2.45, 2.75) is 37.0 Å². The van der Waals surface area contributed by atoms with Gasteiger partial charge in [0.25, 0.3) is 0 Å². The van der Waals surface area contributed by atoms with Crippen LogP contribution in [0.25, 0.3) is 10.8 Å². The Kier molecular flexibility index (Phi) is 6.86. The minimum Gasteiger partial charge on any atom is -0.343 e. The van der Waals surface area contributed by atoms with Crippen LogP contribution < -0.4 is 0 Å². The van der Waals surface area contributed by atoms with Crippen LogP contribution in [0.4, 0.5) is 0 Å². The van der Waals surface area contributed by atoms with E-state index in [0.717, 1.165) is 42.3 Å². The first-order chi connectivity index (χ1) is 15.3. The summed E-state index contributed by atoms with van der Waals surface area (Å²) in [4.78, 5) is 19.1. The van der Waals surface area contributed by atoms with Gasteiger partial charge < -0.3 is 9.47 Å². The average Bonchev–Trinajstić information content (AvgIpc) is 3.20. The Balaban J connectivity index is 1.28. The summed E-state index contributed by atoms with van der Waals surface area (Å²) >= 11 is 6.00. The van der Waals surface area contributed by atoms with E-state index in [1.165, 1.54) is 0 Å². The Morgan fingerprint density at radius 2 is 1.84 bits per heavy atom. The molecule has 0 N–H and O–H groups in total. The Labute approximate surface area is 194 Å². The van der Waals surface area contributed by atoms with Crippen molar-refractivity contribution in [1.82, 2.24) is 14.5 Å². The standard InChI is InChI=1S/C24H28ClN3O3S/c1-27-14-11-26-23(27)7-2-18-8-12-28(13-9-18)24(29)10-15-32(30,31)22-6-4-19-16-21(25)5-3-20(19)17-22/h3-6,11,14,16-18H,2,7-10,12-13,15H2,1H3. The number of imidazole rings is 1. The van der Waals surface area contributed by atoms with Crippen LogP contribution in [0.2, 0.25) is 5.02 Å². The first-order valence-electron chi connectivity index (χ1n) is 11.0. The molecule has 8 heteroatoms. The Bertz CT molecular complexity index is 1210. The molecule has 2 heterocycles. The molecule has 1 aliphatic rings. The maximum atomic E-state index is 12.8. The monoisotopic (exact) mass is 473 g/mol. The second-order valence-electron chi connectivity index (χ2n) is 8.54. The molecule has 3 aromatic rings. The third kappa shape index (κ3) is 5.33. The van der Waals surface area contributed by atoms with Gasteiger partial charge in [0.05, 0.1) is 10.6 Å². The molecule has 0 spiro atoms. The van der Waals surface area contributed by atoms with Crippen LogP contribution in [0.1, 0.15) is 31.5 Å². The molecule has 0 radical (unpaired) electrons. The molecule has 1 aromatic heterocycles. The maximum absolute atomic E-state index is 12.8. The van der Waals surface area contributed by atoms with E-state index in [9.17, 15) is 13.2 Å². The summed E-state index contributed by atoms with van der Waals surface area (Å²) in [5.41, 5.74) is 0. The molecule has 0 saturated carbocycles. The second kappa shape index (κ2) is 9.63. The van der Waals surface area contributed by atoms with Gasteiger partial charge in [0.2, 0.25) is 5.91 Å². The molecule has 170 valence electrons. The number of carbonyl (C=O) groups excluding carboxylic acids is 1. The number of likely N-dealkylation sites (tertiary alicyclic amines) is 1. The first-order valence-corrected chi connectivity index (χ1v) is 13.0. The zero-order valence-electron chi connectivity index (χ0n) is 18.2. The first kappa shape index (κ1) is 22.8. The van der Waals surface area contributed by atoms with E-state index in [1.54, 1.807) is 36.4 Å². The average molecular weight is 474 g/mol. The van der Waals surface area contributed by atoms with Crippen LogP contribution in [-0.4, -0.2) is 47.6 Å². The lowest BCUT2D eigenvalue weighted by molar-refractivity contribution is -0.132. The van der Waals surface area contributed by atoms with Crippen LogP contribution in [0.15, 0.2) is 53.7 Å². The van der Waals surface area contributed by atoms with Crippen molar-refractivity contribution in [3.63, 3.8) is 0 Å². The summed E-state index contributed by atoms with van der Waals surface area (Å²) in [5.74, 6) is 1.41. The van der Waals surface area contributed by atoms with Gasteiger partial charge in [0.1, 0.15) is 5.82 Å². The van der Waals surface area contributed by atoms with Crippen LogP contribution in [0, 0.1) is 5.92 Å². The molecule has 0 unspecified atom stereocenters. The third-order valence-corrected chi connectivity index (χ3v) is 8.33. The van der Waals surface area contributed by atoms with E-state index >= 15 is 0 Å². The lowest BCUT2D eigenvalue weighted by Crippen LogP contribution is -2.39. The number of sulfone groups is 1. The van der Waals surface area contributed by atoms with Gasteiger partial charge in [-0.2, -0.15) is 0 Å². The molecule has 1 aliphatic heterocycles. The molecule has 1 amide bonds. The number of halogens is 1. The number of piperidine rings is 1. The fraction of sp³-hybridized carbons (Fsp3) is 0.417. The highest BCUT2D eigenvalue weighted by molar-refractivity contribution is 7.91. The van der Waals surface area contributed by atoms with Gasteiger partial charge in [0, 0.05) is 50.4 Å². The fourth-order valence-corrected chi connectivity index (χ4v) is 5.77. The van der Waals surface area contributed by atoms with Gasteiger partial charge in [-0.25, -0.2) is 13.4 Å². The minimum absolute atomic E-state index is 0.0128. The fourth-order valence-electron chi connectivity index (χ4n) is 4.33. The van der Waals surface area contributed by atoms with E-state index in [0.29, 0.717) is 24.0 Å². The Hall–Kier alpha value is -2.38. The van der Waals surface area contributed by atoms with E-state index < -0.39 is 9.84 Å². The summed E-state index contributed by atoms with van der Waals surface area (Å²) in [7, 11) is -1.53. The lowest BCUT2D eigenvalue weighted by atomic mass is 9.92. The van der Waals surface area contributed by atoms with E-state index in [-0.39, 0.29) is 23.0 Å². The number of nitrogens with zero attached hydrogens (tertiary/aromatic N) is 3. The largest absolute Gasteiger partial charge is 0.343 e. The highest BCUT2D eigenvalue weighted by Gasteiger charge is 2.25. The van der Waals surface area contributed by atoms with Crippen LogP contribution in [-0.2, 0) is 28.1 Å². The summed E-state index contributed by atoms with van der Waals surface area (Å²) in [5, 5.41) is 2.31. The number of aryl methyl sites for hydroxylation is 2. The van der Waals surface area contributed by atoms with Gasteiger partial charge in [-0.15, -0.1) is 0 Å². The van der Waals surface area contributed by atoms with Crippen molar-refractivity contribution in [3.8, 4) is 0 Å². The highest BCUT2D eigenvalue weighted by atomic mass is 35.5. The van der Waals surface area contributed by atoms with E-state index in [4.69, 9.17) is 11.6 Å². The number of hydrogen-bond donors (Lipinski definition) is 0. The van der Waals surface area contributed by atoms with E-state index in [1.807, 2.05) is 28.9 Å². The molecule has 1 saturated heterocycles. The molecule has 0 bridgehead atoms. The van der Waals surface area contributed by atoms with Crippen LogP contribution in [0.3, 0.4) is 0 Å². The van der Waals surface area contributed by atoms with Crippen molar-refractivity contribution >= 4 is 38.1 Å². The van der Waals surface area contributed by atoms with E-state index in [2.05, 4.69) is 4.98 Å². The number of rotatable bonds is 7. The molecule has 0 aliphatic carbocycles.